The molecule has 0 saturated carbocycles. The average Bonchev–Trinajstić information content (AvgIpc) is 3.13. The van der Waals surface area contributed by atoms with Crippen LogP contribution < -0.4 is 5.32 Å². The van der Waals surface area contributed by atoms with Crippen LogP contribution in [0.1, 0.15) is 18.7 Å². The number of carbonyl (C=O) groups is 1. The van der Waals surface area contributed by atoms with Crippen LogP contribution in [-0.4, -0.2) is 57.6 Å². The van der Waals surface area contributed by atoms with Gasteiger partial charge >= 0.3 is 6.03 Å². The molecule has 0 radical (unpaired) electrons. The molecular formula is C13H17N5OS2. The van der Waals surface area contributed by atoms with Gasteiger partial charge in [-0.05, 0) is 37.5 Å². The van der Waals surface area contributed by atoms with Crippen molar-refractivity contribution in [3.63, 3.8) is 0 Å². The minimum absolute atomic E-state index is 0.0290. The van der Waals surface area contributed by atoms with Gasteiger partial charge in [0, 0.05) is 18.0 Å². The van der Waals surface area contributed by atoms with Gasteiger partial charge in [-0.2, -0.15) is 5.10 Å². The Balaban J connectivity index is 1.87. The Morgan fingerprint density at radius 1 is 1.43 bits per heavy atom. The zero-order chi connectivity index (χ0) is 15.0. The first-order valence-electron chi connectivity index (χ1n) is 6.91. The molecule has 1 aromatic rings. The second kappa shape index (κ2) is 5.61. The first-order valence-corrected chi connectivity index (χ1v) is 8.20. The maximum atomic E-state index is 12.4. The molecule has 21 heavy (non-hydrogen) atoms. The number of thiophene rings is 1. The maximum absolute atomic E-state index is 12.4. The van der Waals surface area contributed by atoms with Crippen LogP contribution in [0, 0.1) is 0 Å². The number of thiocarbonyl (C=S) groups is 1. The van der Waals surface area contributed by atoms with Crippen LogP contribution in [0.4, 0.5) is 4.79 Å². The summed E-state index contributed by atoms with van der Waals surface area (Å²) in [6.07, 6.45) is 1.48. The van der Waals surface area contributed by atoms with Crippen LogP contribution in [0.15, 0.2) is 22.6 Å². The van der Waals surface area contributed by atoms with Crippen LogP contribution in [0.25, 0.3) is 0 Å². The molecule has 2 aliphatic rings. The van der Waals surface area contributed by atoms with E-state index < -0.39 is 0 Å². The number of nitrogens with zero attached hydrogens (tertiary/aromatic N) is 4. The molecule has 2 aliphatic heterocycles. The SMILES string of the molecule is CCN1C(=O)N(CC)C2C1NC(=S)N2/N=C/c1cccs1. The topological polar surface area (TPSA) is 51.2 Å². The van der Waals surface area contributed by atoms with Crippen LogP contribution in [0.2, 0.25) is 0 Å². The molecule has 0 aliphatic carbocycles. The molecule has 0 aromatic carbocycles. The van der Waals surface area contributed by atoms with Crippen molar-refractivity contribution in [3.05, 3.63) is 22.4 Å². The Labute approximate surface area is 133 Å². The number of likely N-dealkylation sites (N-methyl/N-ethyl adjacent to an activating group) is 2. The molecule has 3 heterocycles. The lowest BCUT2D eigenvalue weighted by atomic mass is 10.4. The number of carbonyl (C=O) groups excluding carboxylic acids is 1. The highest BCUT2D eigenvalue weighted by atomic mass is 32.1. The Bertz CT molecular complexity index is 573. The molecule has 1 N–H and O–H groups in total. The third kappa shape index (κ3) is 2.28. The van der Waals surface area contributed by atoms with E-state index in [9.17, 15) is 4.79 Å². The Kier molecular flexibility index (Phi) is 3.81. The van der Waals surface area contributed by atoms with E-state index in [0.29, 0.717) is 18.2 Å². The molecule has 2 fully saturated rings. The molecule has 1 aromatic heterocycles. The second-order valence-electron chi connectivity index (χ2n) is 4.77. The highest BCUT2D eigenvalue weighted by Crippen LogP contribution is 2.29. The molecule has 3 rings (SSSR count). The second-order valence-corrected chi connectivity index (χ2v) is 6.13. The van der Waals surface area contributed by atoms with Gasteiger partial charge in [0.1, 0.15) is 6.17 Å². The Morgan fingerprint density at radius 3 is 2.81 bits per heavy atom. The summed E-state index contributed by atoms with van der Waals surface area (Å²) in [7, 11) is 0. The van der Waals surface area contributed by atoms with Gasteiger partial charge in [0.05, 0.1) is 6.21 Å². The van der Waals surface area contributed by atoms with Gasteiger partial charge in [-0.25, -0.2) is 9.80 Å². The number of hydrogen-bond donors (Lipinski definition) is 1. The average molecular weight is 323 g/mol. The molecule has 0 bridgehead atoms. The predicted molar refractivity (Wildman–Crippen MR) is 87.2 cm³/mol. The van der Waals surface area contributed by atoms with E-state index in [1.807, 2.05) is 31.4 Å². The zero-order valence-electron chi connectivity index (χ0n) is 11.9. The molecule has 2 amide bonds. The van der Waals surface area contributed by atoms with Crippen molar-refractivity contribution >= 4 is 40.9 Å². The van der Waals surface area contributed by atoms with Crippen molar-refractivity contribution in [1.82, 2.24) is 20.1 Å². The minimum atomic E-state index is -0.175. The fourth-order valence-electron chi connectivity index (χ4n) is 2.72. The number of rotatable bonds is 4. The van der Waals surface area contributed by atoms with Crippen molar-refractivity contribution < 1.29 is 4.79 Å². The molecular weight excluding hydrogens is 306 g/mol. The molecule has 0 spiro atoms. The fourth-order valence-corrected chi connectivity index (χ4v) is 3.57. The van der Waals surface area contributed by atoms with Gasteiger partial charge in [-0.15, -0.1) is 11.3 Å². The zero-order valence-corrected chi connectivity index (χ0v) is 13.5. The van der Waals surface area contributed by atoms with Crippen LogP contribution >= 0.6 is 23.6 Å². The van der Waals surface area contributed by atoms with E-state index in [4.69, 9.17) is 12.2 Å². The summed E-state index contributed by atoms with van der Waals surface area (Å²) in [6.45, 7) is 5.22. The standard InChI is InChI=1S/C13H17N5OS2/c1-3-16-10-11(17(4-2)13(16)19)18(12(20)15-10)14-8-9-6-5-7-21-9/h5-8,10-11H,3-4H2,1-2H3,(H,15,20)/b14-8+. The number of hydrogen-bond acceptors (Lipinski definition) is 4. The van der Waals surface area contributed by atoms with Crippen LogP contribution in [0.3, 0.4) is 0 Å². The summed E-state index contributed by atoms with van der Waals surface area (Å²) in [5.41, 5.74) is 0. The predicted octanol–water partition coefficient (Wildman–Crippen LogP) is 1.70. The lowest BCUT2D eigenvalue weighted by Gasteiger charge is -2.25. The van der Waals surface area contributed by atoms with Crippen molar-refractivity contribution in [2.75, 3.05) is 13.1 Å². The summed E-state index contributed by atoms with van der Waals surface area (Å²) in [5.74, 6) is 0. The first kappa shape index (κ1) is 14.3. The number of amides is 2. The number of fused-ring (bicyclic) bond motifs is 1. The van der Waals surface area contributed by atoms with Gasteiger partial charge in [0.15, 0.2) is 11.3 Å². The van der Waals surface area contributed by atoms with E-state index in [1.165, 1.54) is 0 Å². The first-order chi connectivity index (χ1) is 10.2. The maximum Gasteiger partial charge on any atom is 0.323 e. The third-order valence-electron chi connectivity index (χ3n) is 3.69. The van der Waals surface area contributed by atoms with E-state index in [0.717, 1.165) is 4.88 Å². The van der Waals surface area contributed by atoms with Gasteiger partial charge in [0.25, 0.3) is 0 Å². The van der Waals surface area contributed by atoms with Gasteiger partial charge < -0.3 is 10.2 Å². The van der Waals surface area contributed by atoms with Crippen molar-refractivity contribution in [3.8, 4) is 0 Å². The number of nitrogens with one attached hydrogen (secondary N) is 1. The smallest absolute Gasteiger partial charge is 0.323 e. The van der Waals surface area contributed by atoms with Crippen LogP contribution in [-0.2, 0) is 0 Å². The number of hydrazone groups is 1. The molecule has 2 unspecified atom stereocenters. The summed E-state index contributed by atoms with van der Waals surface area (Å²) in [6, 6.07) is 4.00. The molecule has 8 heteroatoms. The van der Waals surface area contributed by atoms with Crippen LogP contribution in [0.5, 0.6) is 0 Å². The lowest BCUT2D eigenvalue weighted by molar-refractivity contribution is 0.157. The Hall–Kier alpha value is -1.67. The Morgan fingerprint density at radius 2 is 2.19 bits per heavy atom. The highest BCUT2D eigenvalue weighted by Gasteiger charge is 2.53. The van der Waals surface area contributed by atoms with Gasteiger partial charge in [0.2, 0.25) is 0 Å². The monoisotopic (exact) mass is 323 g/mol. The third-order valence-corrected chi connectivity index (χ3v) is 4.80. The highest BCUT2D eigenvalue weighted by molar-refractivity contribution is 7.80. The molecule has 2 atom stereocenters. The van der Waals surface area contributed by atoms with E-state index in [2.05, 4.69) is 10.4 Å². The summed E-state index contributed by atoms with van der Waals surface area (Å²) in [5, 5.41) is 12.0. The summed E-state index contributed by atoms with van der Waals surface area (Å²) < 4.78 is 0. The lowest BCUT2D eigenvalue weighted by Crippen LogP contribution is -2.43. The summed E-state index contributed by atoms with van der Waals surface area (Å²) >= 11 is 6.98. The molecule has 2 saturated heterocycles. The van der Waals surface area contributed by atoms with Crippen molar-refractivity contribution in [2.24, 2.45) is 5.10 Å². The normalized spacial score (nSPS) is 25.1. The molecule has 112 valence electrons. The minimum Gasteiger partial charge on any atom is -0.337 e. The van der Waals surface area contributed by atoms with E-state index in [-0.39, 0.29) is 18.4 Å². The van der Waals surface area contributed by atoms with Gasteiger partial charge in [-0.1, -0.05) is 6.07 Å². The van der Waals surface area contributed by atoms with E-state index in [1.54, 1.807) is 32.4 Å². The van der Waals surface area contributed by atoms with E-state index >= 15 is 0 Å². The largest absolute Gasteiger partial charge is 0.337 e. The van der Waals surface area contributed by atoms with Crippen molar-refractivity contribution in [2.45, 2.75) is 26.2 Å². The molecule has 6 nitrogen and oxygen atoms in total. The fraction of sp³-hybridized carbons (Fsp3) is 0.462. The van der Waals surface area contributed by atoms with Crippen molar-refractivity contribution in [1.29, 1.82) is 0 Å². The summed E-state index contributed by atoms with van der Waals surface area (Å²) in [4.78, 5) is 17.0. The quantitative estimate of drug-likeness (QED) is 0.677. The van der Waals surface area contributed by atoms with Gasteiger partial charge in [-0.3, -0.25) is 4.90 Å². The number of urea groups is 1.